The number of aromatic nitrogens is 1. The zero-order valence-corrected chi connectivity index (χ0v) is 11.5. The smallest absolute Gasteiger partial charge is 0.185 e. The van der Waals surface area contributed by atoms with Crippen LogP contribution in [0.4, 0.5) is 5.13 Å². The summed E-state index contributed by atoms with van der Waals surface area (Å²) in [5, 5.41) is 13.4. The molecule has 0 aliphatic carbocycles. The average Bonchev–Trinajstić information content (AvgIpc) is 3.10. The lowest BCUT2D eigenvalue weighted by atomic mass is 10.1. The van der Waals surface area contributed by atoms with Crippen LogP contribution in [0.15, 0.2) is 5.38 Å². The van der Waals surface area contributed by atoms with Crippen LogP contribution in [0.1, 0.15) is 44.0 Å². The monoisotopic (exact) mass is 267 g/mol. The zero-order chi connectivity index (χ0) is 12.4. The summed E-state index contributed by atoms with van der Waals surface area (Å²) in [6.07, 6.45) is 5.76. The standard InChI is InChI=1S/C13H21N3OS/c17-12(15-6-4-5-7-15)11-10-18-13(14-11)16-8-2-1-3-9-16/h10,12,17H,1-9H2. The minimum absolute atomic E-state index is 0.498. The molecule has 0 saturated carbocycles. The predicted molar refractivity (Wildman–Crippen MR) is 73.9 cm³/mol. The quantitative estimate of drug-likeness (QED) is 0.911. The van der Waals surface area contributed by atoms with Gasteiger partial charge in [-0.1, -0.05) is 0 Å². The van der Waals surface area contributed by atoms with E-state index in [0.717, 1.165) is 37.0 Å². The lowest BCUT2D eigenvalue weighted by molar-refractivity contribution is 0.0161. The highest BCUT2D eigenvalue weighted by Gasteiger charge is 2.24. The molecule has 2 aliphatic rings. The number of aliphatic hydroxyl groups excluding tert-OH is 1. The fourth-order valence-corrected chi connectivity index (χ4v) is 3.69. The first-order chi connectivity index (χ1) is 8.84. The first-order valence-electron chi connectivity index (χ1n) is 6.97. The van der Waals surface area contributed by atoms with Gasteiger partial charge in [-0.2, -0.15) is 0 Å². The Hall–Kier alpha value is -0.650. The normalized spacial score (nSPS) is 23.5. The second kappa shape index (κ2) is 5.55. The summed E-state index contributed by atoms with van der Waals surface area (Å²) in [4.78, 5) is 9.11. The van der Waals surface area contributed by atoms with E-state index in [1.165, 1.54) is 32.1 Å². The molecule has 1 aromatic heterocycles. The first kappa shape index (κ1) is 12.4. The minimum atomic E-state index is -0.498. The van der Waals surface area contributed by atoms with Crippen molar-refractivity contribution >= 4 is 16.5 Å². The van der Waals surface area contributed by atoms with Gasteiger partial charge in [-0.15, -0.1) is 11.3 Å². The molecule has 4 nitrogen and oxygen atoms in total. The van der Waals surface area contributed by atoms with Crippen molar-refractivity contribution in [3.8, 4) is 0 Å². The number of rotatable bonds is 3. The maximum atomic E-state index is 10.3. The third-order valence-corrected chi connectivity index (χ3v) is 4.81. The van der Waals surface area contributed by atoms with Gasteiger partial charge in [0.25, 0.3) is 0 Å². The van der Waals surface area contributed by atoms with Crippen LogP contribution in [-0.2, 0) is 0 Å². The molecule has 18 heavy (non-hydrogen) atoms. The van der Waals surface area contributed by atoms with Crippen LogP contribution in [0.3, 0.4) is 0 Å². The summed E-state index contributed by atoms with van der Waals surface area (Å²) in [5.41, 5.74) is 0.836. The molecule has 1 aromatic rings. The molecule has 3 heterocycles. The molecule has 5 heteroatoms. The third-order valence-electron chi connectivity index (χ3n) is 3.89. The van der Waals surface area contributed by atoms with E-state index in [9.17, 15) is 5.11 Å². The van der Waals surface area contributed by atoms with Crippen LogP contribution in [0, 0.1) is 0 Å². The number of thiazole rings is 1. The number of nitrogens with zero attached hydrogens (tertiary/aromatic N) is 3. The second-order valence-electron chi connectivity index (χ2n) is 5.22. The summed E-state index contributed by atoms with van der Waals surface area (Å²) in [6, 6.07) is 0. The predicted octanol–water partition coefficient (Wildman–Crippen LogP) is 2.22. The Morgan fingerprint density at radius 1 is 1.06 bits per heavy atom. The fourth-order valence-electron chi connectivity index (χ4n) is 2.80. The number of hydrogen-bond acceptors (Lipinski definition) is 5. The van der Waals surface area contributed by atoms with Gasteiger partial charge in [-0.05, 0) is 32.1 Å². The molecule has 0 radical (unpaired) electrons. The van der Waals surface area contributed by atoms with Crippen molar-refractivity contribution in [2.24, 2.45) is 0 Å². The van der Waals surface area contributed by atoms with Crippen molar-refractivity contribution in [2.75, 3.05) is 31.1 Å². The number of piperidine rings is 1. The van der Waals surface area contributed by atoms with Crippen LogP contribution in [0.25, 0.3) is 0 Å². The van der Waals surface area contributed by atoms with Crippen molar-refractivity contribution in [1.29, 1.82) is 0 Å². The van der Waals surface area contributed by atoms with E-state index in [0.29, 0.717) is 0 Å². The van der Waals surface area contributed by atoms with Crippen molar-refractivity contribution in [1.82, 2.24) is 9.88 Å². The number of aliphatic hydroxyl groups is 1. The molecule has 0 spiro atoms. The Labute approximate surface area is 112 Å². The van der Waals surface area contributed by atoms with E-state index in [2.05, 4.69) is 14.8 Å². The van der Waals surface area contributed by atoms with Crippen molar-refractivity contribution in [3.63, 3.8) is 0 Å². The lowest BCUT2D eigenvalue weighted by Crippen LogP contribution is -2.29. The maximum Gasteiger partial charge on any atom is 0.185 e. The van der Waals surface area contributed by atoms with Gasteiger partial charge in [0, 0.05) is 31.6 Å². The largest absolute Gasteiger partial charge is 0.372 e. The second-order valence-corrected chi connectivity index (χ2v) is 6.06. The minimum Gasteiger partial charge on any atom is -0.372 e. The van der Waals surface area contributed by atoms with Crippen molar-refractivity contribution in [3.05, 3.63) is 11.1 Å². The first-order valence-corrected chi connectivity index (χ1v) is 7.85. The van der Waals surface area contributed by atoms with Crippen LogP contribution >= 0.6 is 11.3 Å². The number of likely N-dealkylation sites (tertiary alicyclic amines) is 1. The molecule has 0 amide bonds. The summed E-state index contributed by atoms with van der Waals surface area (Å²) >= 11 is 1.67. The summed E-state index contributed by atoms with van der Waals surface area (Å²) < 4.78 is 0. The van der Waals surface area contributed by atoms with E-state index in [4.69, 9.17) is 0 Å². The molecule has 0 aromatic carbocycles. The van der Waals surface area contributed by atoms with Gasteiger partial charge >= 0.3 is 0 Å². The van der Waals surface area contributed by atoms with Crippen LogP contribution in [0.2, 0.25) is 0 Å². The van der Waals surface area contributed by atoms with Crippen LogP contribution < -0.4 is 4.90 Å². The van der Waals surface area contributed by atoms with Crippen LogP contribution in [0.5, 0.6) is 0 Å². The summed E-state index contributed by atoms with van der Waals surface area (Å²) in [6.45, 7) is 4.23. The Morgan fingerprint density at radius 2 is 1.72 bits per heavy atom. The van der Waals surface area contributed by atoms with Gasteiger partial charge in [0.15, 0.2) is 11.4 Å². The molecular weight excluding hydrogens is 246 g/mol. The van der Waals surface area contributed by atoms with Crippen LogP contribution in [-0.4, -0.2) is 41.2 Å². The lowest BCUT2D eigenvalue weighted by Gasteiger charge is -2.26. The van der Waals surface area contributed by atoms with Gasteiger partial charge in [0.05, 0.1) is 5.69 Å². The Balaban J connectivity index is 1.68. The summed E-state index contributed by atoms with van der Waals surface area (Å²) in [5.74, 6) is 0. The molecule has 2 saturated heterocycles. The van der Waals surface area contributed by atoms with Gasteiger partial charge in [-0.3, -0.25) is 4.90 Å². The van der Waals surface area contributed by atoms with E-state index >= 15 is 0 Å². The van der Waals surface area contributed by atoms with E-state index in [-0.39, 0.29) is 0 Å². The van der Waals surface area contributed by atoms with E-state index < -0.39 is 6.23 Å². The van der Waals surface area contributed by atoms with Gasteiger partial charge in [-0.25, -0.2) is 4.98 Å². The Morgan fingerprint density at radius 3 is 2.44 bits per heavy atom. The molecule has 3 rings (SSSR count). The highest BCUT2D eigenvalue weighted by atomic mass is 32.1. The molecule has 1 N–H and O–H groups in total. The SMILES string of the molecule is OC(c1csc(N2CCCCC2)n1)N1CCCC1. The molecular formula is C13H21N3OS. The molecule has 0 bridgehead atoms. The molecule has 2 aliphatic heterocycles. The van der Waals surface area contributed by atoms with E-state index in [1.54, 1.807) is 11.3 Å². The topological polar surface area (TPSA) is 39.6 Å². The average molecular weight is 267 g/mol. The Kier molecular flexibility index (Phi) is 3.82. The molecule has 100 valence electrons. The van der Waals surface area contributed by atoms with Crippen molar-refractivity contribution in [2.45, 2.75) is 38.3 Å². The molecule has 2 fully saturated rings. The molecule has 1 unspecified atom stereocenters. The highest BCUT2D eigenvalue weighted by Crippen LogP contribution is 2.29. The van der Waals surface area contributed by atoms with Gasteiger partial charge < -0.3 is 10.0 Å². The van der Waals surface area contributed by atoms with Crippen molar-refractivity contribution < 1.29 is 5.11 Å². The van der Waals surface area contributed by atoms with Gasteiger partial charge in [0.2, 0.25) is 0 Å². The third kappa shape index (κ3) is 2.53. The highest BCUT2D eigenvalue weighted by molar-refractivity contribution is 7.13. The maximum absolute atomic E-state index is 10.3. The van der Waals surface area contributed by atoms with Gasteiger partial charge in [0.1, 0.15) is 0 Å². The Bertz CT molecular complexity index is 383. The fraction of sp³-hybridized carbons (Fsp3) is 0.769. The number of hydrogen-bond donors (Lipinski definition) is 1. The summed E-state index contributed by atoms with van der Waals surface area (Å²) in [7, 11) is 0. The van der Waals surface area contributed by atoms with E-state index in [1.807, 2.05) is 5.38 Å². The number of anilines is 1. The zero-order valence-electron chi connectivity index (χ0n) is 10.7. The molecule has 1 atom stereocenters.